The zero-order valence-corrected chi connectivity index (χ0v) is 15.6. The molecular formula is C16H17Cl2F4N3O2. The van der Waals surface area contributed by atoms with E-state index in [1.165, 1.54) is 18.2 Å². The Hall–Kier alpha value is -2.26. The van der Waals surface area contributed by atoms with E-state index in [2.05, 4.69) is 15.0 Å². The minimum atomic E-state index is -4.26. The number of carbonyl (C=O) groups is 1. The maximum atomic E-state index is 12.8. The molecule has 1 amide bonds. The van der Waals surface area contributed by atoms with Gasteiger partial charge >= 0.3 is 12.3 Å². The Labute approximate surface area is 165 Å². The van der Waals surface area contributed by atoms with Crippen molar-refractivity contribution in [2.75, 3.05) is 17.7 Å². The molecule has 150 valence electrons. The molecule has 0 aliphatic carbocycles. The molecule has 0 saturated carbocycles. The average molecular weight is 430 g/mol. The molecule has 2 rings (SSSR count). The van der Waals surface area contributed by atoms with Gasteiger partial charge in [-0.15, -0.1) is 24.8 Å². The molecule has 2 aromatic rings. The fraction of sp³-hybridized carbons (Fsp3) is 0.250. The Morgan fingerprint density at radius 2 is 1.93 bits per heavy atom. The van der Waals surface area contributed by atoms with E-state index < -0.39 is 24.9 Å². The number of nitrogens with two attached hydrogens (primary N) is 1. The predicted octanol–water partition coefficient (Wildman–Crippen LogP) is 4.35. The van der Waals surface area contributed by atoms with Crippen molar-refractivity contribution >= 4 is 42.1 Å². The molecule has 1 aromatic carbocycles. The number of nitrogens with one attached hydrogen (secondary N) is 1. The fourth-order valence-corrected chi connectivity index (χ4v) is 1.86. The Morgan fingerprint density at radius 3 is 2.48 bits per heavy atom. The summed E-state index contributed by atoms with van der Waals surface area (Å²) >= 11 is 0. The van der Waals surface area contributed by atoms with Crippen LogP contribution in [0.2, 0.25) is 0 Å². The van der Waals surface area contributed by atoms with E-state index in [1.807, 2.05) is 0 Å². The lowest BCUT2D eigenvalue weighted by Gasteiger charge is -2.15. The number of alkyl halides is 4. The third-order valence-electron chi connectivity index (χ3n) is 3.23. The summed E-state index contributed by atoms with van der Waals surface area (Å²) in [7, 11) is 0. The summed E-state index contributed by atoms with van der Waals surface area (Å²) in [6.45, 7) is 0.249. The second kappa shape index (κ2) is 10.2. The number of ether oxygens (including phenoxy) is 1. The van der Waals surface area contributed by atoms with E-state index in [1.54, 1.807) is 19.1 Å². The lowest BCUT2D eigenvalue weighted by atomic mass is 10.1. The summed E-state index contributed by atoms with van der Waals surface area (Å²) < 4.78 is 54.2. The minimum Gasteiger partial charge on any atom is -0.471 e. The van der Waals surface area contributed by atoms with Crippen LogP contribution in [-0.4, -0.2) is 29.8 Å². The van der Waals surface area contributed by atoms with Gasteiger partial charge in [0.2, 0.25) is 5.88 Å². The number of halogens is 6. The van der Waals surface area contributed by atoms with Gasteiger partial charge in [-0.2, -0.15) is 8.78 Å². The molecule has 3 N–H and O–H groups in total. The summed E-state index contributed by atoms with van der Waals surface area (Å²) in [5, 5.41) is 2.56. The quantitative estimate of drug-likeness (QED) is 0.528. The monoisotopic (exact) mass is 429 g/mol. The molecular weight excluding hydrogens is 413 g/mol. The van der Waals surface area contributed by atoms with E-state index >= 15 is 0 Å². The molecule has 27 heavy (non-hydrogen) atoms. The molecule has 0 unspecified atom stereocenters. The van der Waals surface area contributed by atoms with E-state index in [4.69, 9.17) is 5.73 Å². The van der Waals surface area contributed by atoms with Crippen LogP contribution in [0.25, 0.3) is 0 Å². The number of hydrogen-bond acceptors (Lipinski definition) is 4. The van der Waals surface area contributed by atoms with Gasteiger partial charge < -0.3 is 15.8 Å². The number of nitrogen functional groups attached to an aromatic ring is 1. The predicted molar refractivity (Wildman–Crippen MR) is 98.7 cm³/mol. The first-order valence-electron chi connectivity index (χ1n) is 7.11. The van der Waals surface area contributed by atoms with Crippen molar-refractivity contribution in [1.82, 2.24) is 4.98 Å². The standard InChI is InChI=1S/C16H15F4N3O2.2ClH/c1-9-2-3-10(21)6-12(9)14(24)23-11-4-5-13(22-7-11)25-8-16(19,20)15(17)18;;/h2-7,15H,8,21H2,1H3,(H,23,24);2*1H. The maximum Gasteiger partial charge on any atom is 0.340 e. The maximum absolute atomic E-state index is 12.8. The second-order valence-electron chi connectivity index (χ2n) is 5.26. The highest BCUT2D eigenvalue weighted by molar-refractivity contribution is 6.05. The van der Waals surface area contributed by atoms with Crippen LogP contribution in [0.5, 0.6) is 5.88 Å². The van der Waals surface area contributed by atoms with Crippen LogP contribution in [0.1, 0.15) is 15.9 Å². The van der Waals surface area contributed by atoms with Crippen LogP contribution >= 0.6 is 24.8 Å². The Balaban J connectivity index is 0.00000338. The topological polar surface area (TPSA) is 77.2 Å². The van der Waals surface area contributed by atoms with E-state index in [0.717, 1.165) is 6.20 Å². The van der Waals surface area contributed by atoms with Gasteiger partial charge in [-0.25, -0.2) is 13.8 Å². The highest BCUT2D eigenvalue weighted by atomic mass is 35.5. The molecule has 0 bridgehead atoms. The van der Waals surface area contributed by atoms with Crippen LogP contribution in [0.3, 0.4) is 0 Å². The van der Waals surface area contributed by atoms with Gasteiger partial charge in [-0.1, -0.05) is 6.07 Å². The number of benzene rings is 1. The summed E-state index contributed by atoms with van der Waals surface area (Å²) in [5.74, 6) is -4.96. The first kappa shape index (κ1) is 24.7. The molecule has 0 radical (unpaired) electrons. The van der Waals surface area contributed by atoms with Crippen molar-refractivity contribution < 1.29 is 27.1 Å². The number of hydrogen-bond donors (Lipinski definition) is 2. The van der Waals surface area contributed by atoms with E-state index in [9.17, 15) is 22.4 Å². The van der Waals surface area contributed by atoms with E-state index in [0.29, 0.717) is 16.8 Å². The number of aromatic nitrogens is 1. The molecule has 11 heteroatoms. The number of pyridine rings is 1. The summed E-state index contributed by atoms with van der Waals surface area (Å²) in [4.78, 5) is 15.9. The van der Waals surface area contributed by atoms with Gasteiger partial charge in [0, 0.05) is 17.3 Å². The Morgan fingerprint density at radius 1 is 1.26 bits per heavy atom. The third-order valence-corrected chi connectivity index (χ3v) is 3.23. The summed E-state index contributed by atoms with van der Waals surface area (Å²) in [6, 6.07) is 7.41. The number of aryl methyl sites for hydroxylation is 1. The number of amides is 1. The van der Waals surface area contributed by atoms with Gasteiger partial charge in [-0.3, -0.25) is 4.79 Å². The molecule has 0 aliphatic rings. The number of rotatable bonds is 6. The zero-order chi connectivity index (χ0) is 18.6. The normalized spacial score (nSPS) is 10.6. The smallest absolute Gasteiger partial charge is 0.340 e. The number of anilines is 2. The molecule has 0 aliphatic heterocycles. The molecule has 1 heterocycles. The molecule has 0 atom stereocenters. The van der Waals surface area contributed by atoms with Crippen LogP contribution in [0.15, 0.2) is 36.5 Å². The average Bonchev–Trinajstić information content (AvgIpc) is 2.56. The van der Waals surface area contributed by atoms with Gasteiger partial charge in [-0.05, 0) is 30.7 Å². The Kier molecular flexibility index (Phi) is 9.32. The van der Waals surface area contributed by atoms with E-state index in [-0.39, 0.29) is 36.4 Å². The van der Waals surface area contributed by atoms with Crippen molar-refractivity contribution in [2.24, 2.45) is 0 Å². The second-order valence-corrected chi connectivity index (χ2v) is 5.26. The number of nitrogens with zero attached hydrogens (tertiary/aromatic N) is 1. The largest absolute Gasteiger partial charge is 0.471 e. The summed E-state index contributed by atoms with van der Waals surface area (Å²) in [6.07, 6.45) is -2.66. The first-order valence-corrected chi connectivity index (χ1v) is 7.11. The van der Waals surface area contributed by atoms with Crippen molar-refractivity contribution in [1.29, 1.82) is 0 Å². The Bertz CT molecular complexity index is 762. The van der Waals surface area contributed by atoms with Crippen LogP contribution < -0.4 is 15.8 Å². The van der Waals surface area contributed by atoms with Gasteiger partial charge in [0.1, 0.15) is 0 Å². The van der Waals surface area contributed by atoms with Crippen LogP contribution in [0.4, 0.5) is 28.9 Å². The zero-order valence-electron chi connectivity index (χ0n) is 13.9. The van der Waals surface area contributed by atoms with Crippen molar-refractivity contribution in [3.05, 3.63) is 47.7 Å². The fourth-order valence-electron chi connectivity index (χ4n) is 1.86. The van der Waals surface area contributed by atoms with Crippen molar-refractivity contribution in [3.63, 3.8) is 0 Å². The van der Waals surface area contributed by atoms with Crippen LogP contribution in [-0.2, 0) is 0 Å². The highest BCUT2D eigenvalue weighted by Gasteiger charge is 2.41. The van der Waals surface area contributed by atoms with Crippen molar-refractivity contribution in [2.45, 2.75) is 19.3 Å². The lowest BCUT2D eigenvalue weighted by molar-refractivity contribution is -0.148. The SMILES string of the molecule is Cc1ccc(N)cc1C(=O)Nc1ccc(OCC(F)(F)C(F)F)nc1.Cl.Cl. The molecule has 1 aromatic heterocycles. The van der Waals surface area contributed by atoms with Gasteiger partial charge in [0.15, 0.2) is 6.61 Å². The highest BCUT2D eigenvalue weighted by Crippen LogP contribution is 2.24. The number of carbonyl (C=O) groups excluding carboxylic acids is 1. The molecule has 0 spiro atoms. The third kappa shape index (κ3) is 6.76. The van der Waals surface area contributed by atoms with Crippen molar-refractivity contribution in [3.8, 4) is 5.88 Å². The first-order chi connectivity index (χ1) is 11.7. The summed E-state index contributed by atoms with van der Waals surface area (Å²) in [5.41, 5.74) is 7.44. The minimum absolute atomic E-state index is 0. The molecule has 0 saturated heterocycles. The molecule has 0 fully saturated rings. The van der Waals surface area contributed by atoms with Crippen LogP contribution in [0, 0.1) is 6.92 Å². The van der Waals surface area contributed by atoms with Gasteiger partial charge in [0.25, 0.3) is 5.91 Å². The van der Waals surface area contributed by atoms with Gasteiger partial charge in [0.05, 0.1) is 11.9 Å². The molecule has 5 nitrogen and oxygen atoms in total. The lowest BCUT2D eigenvalue weighted by Crippen LogP contribution is -2.33.